The van der Waals surface area contributed by atoms with E-state index in [9.17, 15) is 14.7 Å². The summed E-state index contributed by atoms with van der Waals surface area (Å²) in [5.41, 5.74) is 2.66. The number of hydrogen-bond donors (Lipinski definition) is 3. The second-order valence-electron chi connectivity index (χ2n) is 6.92. The second-order valence-corrected chi connectivity index (χ2v) is 6.92. The van der Waals surface area contributed by atoms with Crippen molar-refractivity contribution in [3.63, 3.8) is 0 Å². The van der Waals surface area contributed by atoms with Crippen molar-refractivity contribution < 1.29 is 9.90 Å². The maximum atomic E-state index is 12.3. The molecule has 3 rings (SSSR count). The fourth-order valence-electron chi connectivity index (χ4n) is 2.89. The van der Waals surface area contributed by atoms with Crippen LogP contribution >= 0.6 is 0 Å². The number of rotatable bonds is 6. The molecule has 0 saturated carbocycles. The van der Waals surface area contributed by atoms with Gasteiger partial charge in [-0.25, -0.2) is 0 Å². The highest BCUT2D eigenvalue weighted by molar-refractivity contribution is 5.90. The maximum absolute atomic E-state index is 12.3. The Morgan fingerprint density at radius 2 is 1.93 bits per heavy atom. The van der Waals surface area contributed by atoms with E-state index in [1.807, 2.05) is 24.3 Å². The highest BCUT2D eigenvalue weighted by Crippen LogP contribution is 2.21. The van der Waals surface area contributed by atoms with E-state index in [1.165, 1.54) is 11.6 Å². The first-order valence-electron chi connectivity index (χ1n) is 9.20. The molecule has 1 aromatic carbocycles. The summed E-state index contributed by atoms with van der Waals surface area (Å²) in [4.78, 5) is 31.4. The first kappa shape index (κ1) is 19.4. The third-order valence-electron chi connectivity index (χ3n) is 4.52. The summed E-state index contributed by atoms with van der Waals surface area (Å²) in [5.74, 6) is 0.0666. The van der Waals surface area contributed by atoms with E-state index in [0.29, 0.717) is 23.0 Å². The number of aromatic amines is 1. The van der Waals surface area contributed by atoms with Crippen LogP contribution in [0.1, 0.15) is 37.3 Å². The summed E-state index contributed by atoms with van der Waals surface area (Å²) >= 11 is 0. The predicted molar refractivity (Wildman–Crippen MR) is 109 cm³/mol. The first-order chi connectivity index (χ1) is 13.4. The molecule has 0 aliphatic rings. The summed E-state index contributed by atoms with van der Waals surface area (Å²) in [6, 6.07) is 14.4. The monoisotopic (exact) mass is 377 g/mol. The molecule has 0 atom stereocenters. The van der Waals surface area contributed by atoms with Gasteiger partial charge < -0.3 is 15.4 Å². The Balaban J connectivity index is 1.65. The fraction of sp³-hybridized carbons (Fsp3) is 0.227. The molecule has 0 radical (unpaired) electrons. The van der Waals surface area contributed by atoms with Crippen LogP contribution in [0, 0.1) is 0 Å². The van der Waals surface area contributed by atoms with Gasteiger partial charge in [-0.3, -0.25) is 14.6 Å². The number of aromatic nitrogens is 2. The standard InChI is InChI=1S/C22H23N3O3/c1-14(2)15-6-8-16(9-7-15)24-21(27)11-10-17-20(26)13-19(25-22(17)28)18-5-3-4-12-23-18/h3-9,12-14H,10-11H2,1-2H3,(H,24,27)(H2,25,26,28). The molecule has 0 saturated heterocycles. The van der Waals surface area contributed by atoms with Crippen LogP contribution in [-0.2, 0) is 11.2 Å². The van der Waals surface area contributed by atoms with Crippen LogP contribution < -0.4 is 10.9 Å². The number of nitrogens with one attached hydrogen (secondary N) is 2. The molecule has 0 spiro atoms. The van der Waals surface area contributed by atoms with Crippen molar-refractivity contribution >= 4 is 11.6 Å². The minimum atomic E-state index is -0.422. The highest BCUT2D eigenvalue weighted by atomic mass is 16.3. The molecule has 1 amide bonds. The molecule has 2 heterocycles. The van der Waals surface area contributed by atoms with Crippen molar-refractivity contribution in [3.05, 3.63) is 76.2 Å². The molecular formula is C22H23N3O3. The number of amides is 1. The zero-order valence-electron chi connectivity index (χ0n) is 15.9. The molecule has 6 heteroatoms. The van der Waals surface area contributed by atoms with Crippen LogP contribution in [0.5, 0.6) is 5.75 Å². The number of carbonyl (C=O) groups is 1. The van der Waals surface area contributed by atoms with E-state index < -0.39 is 5.56 Å². The minimum Gasteiger partial charge on any atom is -0.507 e. The minimum absolute atomic E-state index is 0.0888. The van der Waals surface area contributed by atoms with Gasteiger partial charge in [0.2, 0.25) is 5.91 Å². The van der Waals surface area contributed by atoms with Crippen molar-refractivity contribution in [2.24, 2.45) is 0 Å². The Morgan fingerprint density at radius 3 is 2.54 bits per heavy atom. The summed E-state index contributed by atoms with van der Waals surface area (Å²) in [6.45, 7) is 4.22. The van der Waals surface area contributed by atoms with Gasteiger partial charge in [-0.05, 0) is 42.2 Å². The number of anilines is 1. The van der Waals surface area contributed by atoms with Crippen LogP contribution in [0.3, 0.4) is 0 Å². The summed E-state index contributed by atoms with van der Waals surface area (Å²) in [5, 5.41) is 13.1. The first-order valence-corrected chi connectivity index (χ1v) is 9.20. The molecule has 0 bridgehead atoms. The number of carbonyl (C=O) groups excluding carboxylic acids is 1. The van der Waals surface area contributed by atoms with Gasteiger partial charge in [-0.2, -0.15) is 0 Å². The van der Waals surface area contributed by atoms with Crippen LogP contribution in [0.4, 0.5) is 5.69 Å². The summed E-state index contributed by atoms with van der Waals surface area (Å²) < 4.78 is 0. The number of H-pyrrole nitrogens is 1. The number of hydrogen-bond acceptors (Lipinski definition) is 4. The average molecular weight is 377 g/mol. The average Bonchev–Trinajstić information content (AvgIpc) is 2.68. The zero-order chi connectivity index (χ0) is 20.1. The van der Waals surface area contributed by atoms with Gasteiger partial charge in [0.25, 0.3) is 5.56 Å². The lowest BCUT2D eigenvalue weighted by atomic mass is 10.0. The van der Waals surface area contributed by atoms with Gasteiger partial charge in [0.05, 0.1) is 17.0 Å². The normalized spacial score (nSPS) is 10.8. The molecule has 0 unspecified atom stereocenters. The second kappa shape index (κ2) is 8.52. The molecule has 0 fully saturated rings. The van der Waals surface area contributed by atoms with E-state index in [-0.39, 0.29) is 30.1 Å². The quantitative estimate of drug-likeness (QED) is 0.608. The Hall–Kier alpha value is -3.41. The fourth-order valence-corrected chi connectivity index (χ4v) is 2.89. The van der Waals surface area contributed by atoms with Gasteiger partial charge in [-0.1, -0.05) is 32.0 Å². The molecule has 28 heavy (non-hydrogen) atoms. The van der Waals surface area contributed by atoms with Crippen molar-refractivity contribution in [1.29, 1.82) is 0 Å². The Labute approximate surface area is 163 Å². The largest absolute Gasteiger partial charge is 0.507 e. The van der Waals surface area contributed by atoms with Crippen LogP contribution in [0.15, 0.2) is 59.5 Å². The van der Waals surface area contributed by atoms with Crippen molar-refractivity contribution in [1.82, 2.24) is 9.97 Å². The molecule has 0 aliphatic heterocycles. The van der Waals surface area contributed by atoms with Crippen molar-refractivity contribution in [3.8, 4) is 17.1 Å². The number of pyridine rings is 2. The summed E-state index contributed by atoms with van der Waals surface area (Å²) in [7, 11) is 0. The van der Waals surface area contributed by atoms with Crippen LogP contribution in [0.2, 0.25) is 0 Å². The molecular weight excluding hydrogens is 354 g/mol. The Bertz CT molecular complexity index is 1010. The number of benzene rings is 1. The maximum Gasteiger partial charge on any atom is 0.255 e. The van der Waals surface area contributed by atoms with Gasteiger partial charge in [-0.15, -0.1) is 0 Å². The highest BCUT2D eigenvalue weighted by Gasteiger charge is 2.13. The van der Waals surface area contributed by atoms with Gasteiger partial charge in [0, 0.05) is 24.4 Å². The predicted octanol–water partition coefficient (Wildman–Crippen LogP) is 3.84. The van der Waals surface area contributed by atoms with Crippen molar-refractivity contribution in [2.75, 3.05) is 5.32 Å². The third kappa shape index (κ3) is 4.65. The topological polar surface area (TPSA) is 95.1 Å². The van der Waals surface area contributed by atoms with Crippen LogP contribution in [0.25, 0.3) is 11.4 Å². The SMILES string of the molecule is CC(C)c1ccc(NC(=O)CCc2c(O)cc(-c3ccccn3)[nH]c2=O)cc1. The Morgan fingerprint density at radius 1 is 1.18 bits per heavy atom. The van der Waals surface area contributed by atoms with Gasteiger partial charge >= 0.3 is 0 Å². The third-order valence-corrected chi connectivity index (χ3v) is 4.52. The van der Waals surface area contributed by atoms with E-state index in [0.717, 1.165) is 0 Å². The van der Waals surface area contributed by atoms with E-state index in [1.54, 1.807) is 24.4 Å². The lowest BCUT2D eigenvalue weighted by Gasteiger charge is -2.09. The van der Waals surface area contributed by atoms with Gasteiger partial charge in [0.15, 0.2) is 0 Å². The summed E-state index contributed by atoms with van der Waals surface area (Å²) in [6.07, 6.45) is 1.84. The lowest BCUT2D eigenvalue weighted by molar-refractivity contribution is -0.116. The smallest absolute Gasteiger partial charge is 0.255 e. The number of aromatic hydroxyl groups is 1. The number of nitrogens with zero attached hydrogens (tertiary/aromatic N) is 1. The molecule has 3 N–H and O–H groups in total. The lowest BCUT2D eigenvalue weighted by Crippen LogP contribution is -2.18. The zero-order valence-corrected chi connectivity index (χ0v) is 15.9. The van der Waals surface area contributed by atoms with Crippen molar-refractivity contribution in [2.45, 2.75) is 32.6 Å². The van der Waals surface area contributed by atoms with E-state index >= 15 is 0 Å². The van der Waals surface area contributed by atoms with Gasteiger partial charge in [0.1, 0.15) is 5.75 Å². The van der Waals surface area contributed by atoms with Crippen LogP contribution in [-0.4, -0.2) is 21.0 Å². The molecule has 144 valence electrons. The van der Waals surface area contributed by atoms with E-state index in [2.05, 4.69) is 29.1 Å². The Kier molecular flexibility index (Phi) is 5.89. The molecule has 3 aromatic rings. The van der Waals surface area contributed by atoms with E-state index in [4.69, 9.17) is 0 Å². The molecule has 6 nitrogen and oxygen atoms in total. The molecule has 0 aliphatic carbocycles. The molecule has 2 aromatic heterocycles.